The highest BCUT2D eigenvalue weighted by molar-refractivity contribution is 7.89. The third-order valence-corrected chi connectivity index (χ3v) is 10.8. The summed E-state index contributed by atoms with van der Waals surface area (Å²) in [5.41, 5.74) is 0.752. The number of carbonyl (C=O) groups is 5. The molecule has 45 heavy (non-hydrogen) atoms. The van der Waals surface area contributed by atoms with E-state index >= 15 is 0 Å². The van der Waals surface area contributed by atoms with Crippen LogP contribution in [-0.4, -0.2) is 102 Å². The molecule has 1 N–H and O–H groups in total. The SMILES string of the molecule is O=C1CCC(N2C(=O)c3cccc(N4CCC(C(=O)N5CCN(S(=O)(=O)c6ccc([N+](=O)[O-])cc6)CC5)CC4)c3C2=O)C(=O)N1. The number of fused-ring (bicyclic) bond motifs is 1. The Morgan fingerprint density at radius 1 is 0.867 bits per heavy atom. The zero-order chi connectivity index (χ0) is 32.0. The third-order valence-electron chi connectivity index (χ3n) is 8.87. The molecular weight excluding hydrogens is 608 g/mol. The lowest BCUT2D eigenvalue weighted by atomic mass is 9.93. The molecule has 15 nitrogen and oxygen atoms in total. The van der Waals surface area contributed by atoms with Crippen molar-refractivity contribution < 1.29 is 37.3 Å². The molecule has 3 fully saturated rings. The van der Waals surface area contributed by atoms with Crippen molar-refractivity contribution >= 4 is 50.9 Å². The zero-order valence-electron chi connectivity index (χ0n) is 24.1. The topological polar surface area (TPSA) is 188 Å². The number of sulfonamides is 1. The van der Waals surface area contributed by atoms with Gasteiger partial charge in [-0.25, -0.2) is 8.42 Å². The van der Waals surface area contributed by atoms with Gasteiger partial charge in [-0.1, -0.05) is 6.07 Å². The number of non-ortho nitro benzene ring substituents is 1. The largest absolute Gasteiger partial charge is 0.371 e. The molecule has 16 heteroatoms. The van der Waals surface area contributed by atoms with Crippen LogP contribution in [0.2, 0.25) is 0 Å². The van der Waals surface area contributed by atoms with E-state index in [4.69, 9.17) is 0 Å². The summed E-state index contributed by atoms with van der Waals surface area (Å²) in [4.78, 5) is 78.9. The summed E-state index contributed by atoms with van der Waals surface area (Å²) in [6.45, 7) is 1.51. The van der Waals surface area contributed by atoms with E-state index < -0.39 is 44.6 Å². The second-order valence-corrected chi connectivity index (χ2v) is 13.3. The summed E-state index contributed by atoms with van der Waals surface area (Å²) in [5, 5.41) is 13.1. The highest BCUT2D eigenvalue weighted by atomic mass is 32.2. The van der Waals surface area contributed by atoms with Crippen molar-refractivity contribution in [3.8, 4) is 0 Å². The molecule has 5 amide bonds. The first kappa shape index (κ1) is 30.3. The van der Waals surface area contributed by atoms with E-state index in [1.165, 1.54) is 16.4 Å². The molecular formula is C29H30N6O9S. The quantitative estimate of drug-likeness (QED) is 0.269. The van der Waals surface area contributed by atoms with Crippen molar-refractivity contribution in [3.05, 3.63) is 63.7 Å². The van der Waals surface area contributed by atoms with Gasteiger partial charge in [0.2, 0.25) is 27.7 Å². The molecule has 0 bridgehead atoms. The van der Waals surface area contributed by atoms with E-state index in [2.05, 4.69) is 5.32 Å². The van der Waals surface area contributed by atoms with Gasteiger partial charge in [-0.15, -0.1) is 0 Å². The van der Waals surface area contributed by atoms with Gasteiger partial charge in [0.25, 0.3) is 17.5 Å². The van der Waals surface area contributed by atoms with Gasteiger partial charge in [-0.05, 0) is 43.5 Å². The average molecular weight is 639 g/mol. The maximum absolute atomic E-state index is 13.5. The minimum absolute atomic E-state index is 0.0306. The van der Waals surface area contributed by atoms with Gasteiger partial charge in [0.15, 0.2) is 0 Å². The van der Waals surface area contributed by atoms with Gasteiger partial charge in [0, 0.05) is 63.7 Å². The molecule has 6 rings (SSSR count). The number of nitro benzene ring substituents is 1. The van der Waals surface area contributed by atoms with Crippen LogP contribution in [0.1, 0.15) is 46.4 Å². The first-order valence-corrected chi connectivity index (χ1v) is 16.0. The predicted octanol–water partition coefficient (Wildman–Crippen LogP) is 0.746. The van der Waals surface area contributed by atoms with Crippen molar-refractivity contribution in [1.29, 1.82) is 0 Å². The molecule has 1 unspecified atom stereocenters. The molecule has 0 aromatic heterocycles. The highest BCUT2D eigenvalue weighted by Gasteiger charge is 2.46. The number of benzene rings is 2. The summed E-state index contributed by atoms with van der Waals surface area (Å²) in [6, 6.07) is 8.60. The number of hydrogen-bond donors (Lipinski definition) is 1. The van der Waals surface area contributed by atoms with E-state index in [0.717, 1.165) is 17.0 Å². The third kappa shape index (κ3) is 5.44. The van der Waals surface area contributed by atoms with E-state index in [1.807, 2.05) is 4.90 Å². The predicted molar refractivity (Wildman–Crippen MR) is 156 cm³/mol. The molecule has 0 saturated carbocycles. The van der Waals surface area contributed by atoms with Crippen molar-refractivity contribution in [2.45, 2.75) is 36.6 Å². The number of imide groups is 2. The highest BCUT2D eigenvalue weighted by Crippen LogP contribution is 2.36. The fourth-order valence-electron chi connectivity index (χ4n) is 6.42. The summed E-state index contributed by atoms with van der Waals surface area (Å²) < 4.78 is 27.4. The summed E-state index contributed by atoms with van der Waals surface area (Å²) in [6.07, 6.45) is 1.07. The Balaban J connectivity index is 1.07. The second-order valence-electron chi connectivity index (χ2n) is 11.4. The van der Waals surface area contributed by atoms with E-state index in [0.29, 0.717) is 31.6 Å². The van der Waals surface area contributed by atoms with Crippen LogP contribution in [0.25, 0.3) is 0 Å². The molecule has 0 aliphatic carbocycles. The van der Waals surface area contributed by atoms with Crippen LogP contribution >= 0.6 is 0 Å². The first-order valence-electron chi connectivity index (χ1n) is 14.6. The number of hydrogen-bond acceptors (Lipinski definition) is 10. The Morgan fingerprint density at radius 3 is 2.16 bits per heavy atom. The zero-order valence-corrected chi connectivity index (χ0v) is 24.9. The van der Waals surface area contributed by atoms with Crippen molar-refractivity contribution in [3.63, 3.8) is 0 Å². The monoisotopic (exact) mass is 638 g/mol. The molecule has 4 heterocycles. The number of carbonyl (C=O) groups excluding carboxylic acids is 5. The Morgan fingerprint density at radius 2 is 1.53 bits per heavy atom. The number of nitrogens with one attached hydrogen (secondary N) is 1. The van der Waals surface area contributed by atoms with E-state index in [1.54, 1.807) is 23.1 Å². The molecule has 0 radical (unpaired) electrons. The lowest BCUT2D eigenvalue weighted by Gasteiger charge is -2.39. The van der Waals surface area contributed by atoms with Crippen LogP contribution in [0.3, 0.4) is 0 Å². The van der Waals surface area contributed by atoms with Crippen LogP contribution in [-0.2, 0) is 24.4 Å². The Kier molecular flexibility index (Phi) is 7.86. The number of rotatable bonds is 6. The standard InChI is InChI=1S/C29H30N6O9S/c36-24-9-8-23(26(37)30-24)34-28(39)21-2-1-3-22(25(21)29(34)40)31-12-10-18(11-13-31)27(38)32-14-16-33(17-15-32)45(43,44)20-6-4-19(5-7-20)35(41)42/h1-7,18,23H,8-17H2,(H,30,36,37). The first-order chi connectivity index (χ1) is 21.5. The fraction of sp³-hybridized carbons (Fsp3) is 0.414. The molecule has 3 saturated heterocycles. The molecule has 1 atom stereocenters. The van der Waals surface area contributed by atoms with E-state index in [-0.39, 0.29) is 72.6 Å². The van der Waals surface area contributed by atoms with Crippen LogP contribution in [0.15, 0.2) is 47.4 Å². The number of anilines is 1. The van der Waals surface area contributed by atoms with Crippen LogP contribution in [0.4, 0.5) is 11.4 Å². The van der Waals surface area contributed by atoms with Gasteiger partial charge in [0.05, 0.1) is 26.6 Å². The lowest BCUT2D eigenvalue weighted by molar-refractivity contribution is -0.384. The van der Waals surface area contributed by atoms with Crippen molar-refractivity contribution in [2.75, 3.05) is 44.2 Å². The molecule has 2 aromatic rings. The van der Waals surface area contributed by atoms with Crippen molar-refractivity contribution in [1.82, 2.24) is 19.4 Å². The number of piperidine rings is 2. The number of nitrogens with zero attached hydrogens (tertiary/aromatic N) is 5. The fourth-order valence-corrected chi connectivity index (χ4v) is 7.85. The lowest BCUT2D eigenvalue weighted by Crippen LogP contribution is -2.54. The molecule has 236 valence electrons. The van der Waals surface area contributed by atoms with Crippen molar-refractivity contribution in [2.24, 2.45) is 5.92 Å². The summed E-state index contributed by atoms with van der Waals surface area (Å²) >= 11 is 0. The van der Waals surface area contributed by atoms with E-state index in [9.17, 15) is 42.5 Å². The van der Waals surface area contributed by atoms with Gasteiger partial charge >= 0.3 is 0 Å². The Hall–Kier alpha value is -4.70. The number of amides is 5. The van der Waals surface area contributed by atoms with Crippen LogP contribution in [0, 0.1) is 16.0 Å². The molecule has 4 aliphatic rings. The van der Waals surface area contributed by atoms with Gasteiger partial charge in [0.1, 0.15) is 6.04 Å². The normalized spacial score (nSPS) is 21.6. The summed E-state index contributed by atoms with van der Waals surface area (Å²) in [5.74, 6) is -2.65. The molecule has 0 spiro atoms. The van der Waals surface area contributed by atoms with Crippen LogP contribution < -0.4 is 10.2 Å². The average Bonchev–Trinajstić information content (AvgIpc) is 3.30. The minimum atomic E-state index is -3.87. The molecule has 2 aromatic carbocycles. The summed E-state index contributed by atoms with van der Waals surface area (Å²) in [7, 11) is -3.87. The van der Waals surface area contributed by atoms with Crippen LogP contribution in [0.5, 0.6) is 0 Å². The molecule has 4 aliphatic heterocycles. The smallest absolute Gasteiger partial charge is 0.269 e. The van der Waals surface area contributed by atoms with Gasteiger partial charge in [-0.3, -0.25) is 44.3 Å². The Labute approximate surface area is 257 Å². The Bertz CT molecular complexity index is 1710. The second kappa shape index (κ2) is 11.7. The van der Waals surface area contributed by atoms with Gasteiger partial charge in [-0.2, -0.15) is 4.31 Å². The van der Waals surface area contributed by atoms with Gasteiger partial charge < -0.3 is 9.80 Å². The maximum atomic E-state index is 13.5. The number of piperazine rings is 1. The minimum Gasteiger partial charge on any atom is -0.371 e. The number of nitro groups is 1. The maximum Gasteiger partial charge on any atom is 0.269 e.